The van der Waals surface area contributed by atoms with Crippen molar-refractivity contribution < 1.29 is 9.32 Å². The SMILES string of the molecule is Cc1nn(C)c(C)c1CCNC(=O)CCCc1nc(C(C)(C)C)no1. The molecule has 0 unspecified atom stereocenters. The van der Waals surface area contributed by atoms with Crippen LogP contribution >= 0.6 is 0 Å². The van der Waals surface area contributed by atoms with Gasteiger partial charge in [-0.15, -0.1) is 0 Å². The first-order valence-electron chi connectivity index (χ1n) is 8.77. The quantitative estimate of drug-likeness (QED) is 0.831. The number of rotatable bonds is 7. The second-order valence-corrected chi connectivity index (χ2v) is 7.49. The van der Waals surface area contributed by atoms with E-state index in [1.807, 2.05) is 46.3 Å². The Bertz CT molecular complexity index is 724. The van der Waals surface area contributed by atoms with Crippen LogP contribution in [-0.4, -0.2) is 32.4 Å². The number of amides is 1. The van der Waals surface area contributed by atoms with Gasteiger partial charge in [-0.3, -0.25) is 9.48 Å². The van der Waals surface area contributed by atoms with E-state index in [-0.39, 0.29) is 11.3 Å². The van der Waals surface area contributed by atoms with Crippen LogP contribution in [0.4, 0.5) is 0 Å². The number of aromatic nitrogens is 4. The Morgan fingerprint density at radius 2 is 1.96 bits per heavy atom. The van der Waals surface area contributed by atoms with Crippen molar-refractivity contribution in [2.45, 2.75) is 65.7 Å². The third-order valence-corrected chi connectivity index (χ3v) is 4.29. The Morgan fingerprint density at radius 3 is 2.52 bits per heavy atom. The molecule has 2 heterocycles. The molecule has 0 aliphatic carbocycles. The Balaban J connectivity index is 1.70. The lowest BCUT2D eigenvalue weighted by Gasteiger charge is -2.10. The summed E-state index contributed by atoms with van der Waals surface area (Å²) in [6.07, 6.45) is 2.58. The zero-order valence-corrected chi connectivity index (χ0v) is 16.1. The van der Waals surface area contributed by atoms with Crippen molar-refractivity contribution in [2.75, 3.05) is 6.54 Å². The Kier molecular flexibility index (Phi) is 5.98. The number of nitrogens with zero attached hydrogens (tertiary/aromatic N) is 4. The largest absolute Gasteiger partial charge is 0.356 e. The fourth-order valence-electron chi connectivity index (χ4n) is 2.66. The summed E-state index contributed by atoms with van der Waals surface area (Å²) in [5.74, 6) is 1.35. The maximum atomic E-state index is 12.0. The first-order valence-corrected chi connectivity index (χ1v) is 8.77. The summed E-state index contributed by atoms with van der Waals surface area (Å²) in [4.78, 5) is 16.3. The molecule has 2 aromatic heterocycles. The minimum atomic E-state index is -0.123. The number of hydrogen-bond donors (Lipinski definition) is 1. The van der Waals surface area contributed by atoms with E-state index in [0.717, 1.165) is 17.8 Å². The smallest absolute Gasteiger partial charge is 0.226 e. The number of aryl methyl sites for hydroxylation is 3. The molecule has 0 aliphatic heterocycles. The van der Waals surface area contributed by atoms with Crippen LogP contribution in [0.5, 0.6) is 0 Å². The Hall–Kier alpha value is -2.18. The molecular formula is C18H29N5O2. The highest BCUT2D eigenvalue weighted by atomic mass is 16.5. The zero-order chi connectivity index (χ0) is 18.6. The van der Waals surface area contributed by atoms with E-state index in [2.05, 4.69) is 20.6 Å². The topological polar surface area (TPSA) is 85.8 Å². The van der Waals surface area contributed by atoms with Crippen LogP contribution in [0.2, 0.25) is 0 Å². The van der Waals surface area contributed by atoms with Gasteiger partial charge in [0, 0.05) is 37.5 Å². The molecule has 2 aromatic rings. The minimum Gasteiger partial charge on any atom is -0.356 e. The van der Waals surface area contributed by atoms with Crippen LogP contribution in [0.1, 0.15) is 62.3 Å². The van der Waals surface area contributed by atoms with Crippen molar-refractivity contribution in [3.05, 3.63) is 28.7 Å². The van der Waals surface area contributed by atoms with Gasteiger partial charge < -0.3 is 9.84 Å². The van der Waals surface area contributed by atoms with Crippen molar-refractivity contribution in [2.24, 2.45) is 7.05 Å². The Morgan fingerprint density at radius 1 is 1.24 bits per heavy atom. The molecule has 0 saturated carbocycles. The monoisotopic (exact) mass is 347 g/mol. The van der Waals surface area contributed by atoms with E-state index in [4.69, 9.17) is 4.52 Å². The highest BCUT2D eigenvalue weighted by molar-refractivity contribution is 5.75. The molecule has 1 amide bonds. The predicted molar refractivity (Wildman–Crippen MR) is 95.3 cm³/mol. The van der Waals surface area contributed by atoms with E-state index >= 15 is 0 Å². The molecule has 1 N–H and O–H groups in total. The van der Waals surface area contributed by atoms with Gasteiger partial charge in [0.15, 0.2) is 5.82 Å². The first kappa shape index (κ1) is 19.1. The molecule has 0 aliphatic rings. The molecule has 0 saturated heterocycles. The first-order chi connectivity index (χ1) is 11.7. The molecule has 7 heteroatoms. The van der Waals surface area contributed by atoms with Crippen LogP contribution in [0.3, 0.4) is 0 Å². The molecule has 0 spiro atoms. The summed E-state index contributed by atoms with van der Waals surface area (Å²) in [5.41, 5.74) is 3.27. The van der Waals surface area contributed by atoms with E-state index in [1.165, 1.54) is 5.56 Å². The lowest BCUT2D eigenvalue weighted by Crippen LogP contribution is -2.25. The highest BCUT2D eigenvalue weighted by Gasteiger charge is 2.20. The molecule has 0 fully saturated rings. The van der Waals surface area contributed by atoms with E-state index < -0.39 is 0 Å². The summed E-state index contributed by atoms with van der Waals surface area (Å²) in [6, 6.07) is 0. The third kappa shape index (κ3) is 5.14. The maximum absolute atomic E-state index is 12.0. The summed E-state index contributed by atoms with van der Waals surface area (Å²) >= 11 is 0. The predicted octanol–water partition coefficient (Wildman–Crippen LogP) is 2.40. The lowest BCUT2D eigenvalue weighted by molar-refractivity contribution is -0.121. The lowest BCUT2D eigenvalue weighted by atomic mass is 9.96. The van der Waals surface area contributed by atoms with Gasteiger partial charge in [-0.05, 0) is 32.3 Å². The van der Waals surface area contributed by atoms with E-state index in [9.17, 15) is 4.79 Å². The van der Waals surface area contributed by atoms with Crippen LogP contribution in [-0.2, 0) is 30.1 Å². The second kappa shape index (κ2) is 7.80. The molecule has 0 aromatic carbocycles. The van der Waals surface area contributed by atoms with Crippen molar-refractivity contribution in [1.82, 2.24) is 25.2 Å². The number of carbonyl (C=O) groups excluding carboxylic acids is 1. The zero-order valence-electron chi connectivity index (χ0n) is 16.1. The fourth-order valence-corrected chi connectivity index (χ4v) is 2.66. The summed E-state index contributed by atoms with van der Waals surface area (Å²) in [6.45, 7) is 10.8. The number of hydrogen-bond acceptors (Lipinski definition) is 5. The van der Waals surface area contributed by atoms with E-state index in [0.29, 0.717) is 37.5 Å². The maximum Gasteiger partial charge on any atom is 0.226 e. The average molecular weight is 347 g/mol. The highest BCUT2D eigenvalue weighted by Crippen LogP contribution is 2.19. The summed E-state index contributed by atoms with van der Waals surface area (Å²) < 4.78 is 7.12. The van der Waals surface area contributed by atoms with E-state index in [1.54, 1.807) is 0 Å². The molecule has 0 radical (unpaired) electrons. The van der Waals surface area contributed by atoms with Gasteiger partial charge in [0.05, 0.1) is 5.69 Å². The van der Waals surface area contributed by atoms with Gasteiger partial charge in [0.1, 0.15) is 0 Å². The van der Waals surface area contributed by atoms with Gasteiger partial charge in [0.25, 0.3) is 0 Å². The van der Waals surface area contributed by atoms with Crippen LogP contribution < -0.4 is 5.32 Å². The normalized spacial score (nSPS) is 11.8. The van der Waals surface area contributed by atoms with Crippen molar-refractivity contribution >= 4 is 5.91 Å². The molecule has 7 nitrogen and oxygen atoms in total. The summed E-state index contributed by atoms with van der Waals surface area (Å²) in [5, 5.41) is 11.4. The molecule has 25 heavy (non-hydrogen) atoms. The van der Waals surface area contributed by atoms with Crippen LogP contribution in [0.25, 0.3) is 0 Å². The Labute approximate surface area is 149 Å². The standard InChI is InChI=1S/C18H29N5O2/c1-12-14(13(2)23(6)21-12)10-11-19-15(24)8-7-9-16-20-17(22-25-16)18(3,4)5/h7-11H2,1-6H3,(H,19,24). The second-order valence-electron chi connectivity index (χ2n) is 7.49. The van der Waals surface area contributed by atoms with Crippen LogP contribution in [0.15, 0.2) is 4.52 Å². The molecular weight excluding hydrogens is 318 g/mol. The molecule has 2 rings (SSSR count). The van der Waals surface area contributed by atoms with Gasteiger partial charge >= 0.3 is 0 Å². The van der Waals surface area contributed by atoms with Crippen molar-refractivity contribution in [3.63, 3.8) is 0 Å². The van der Waals surface area contributed by atoms with Crippen LogP contribution in [0, 0.1) is 13.8 Å². The molecule has 138 valence electrons. The van der Waals surface area contributed by atoms with Gasteiger partial charge in [-0.1, -0.05) is 25.9 Å². The number of carbonyl (C=O) groups is 1. The summed E-state index contributed by atoms with van der Waals surface area (Å²) in [7, 11) is 1.94. The van der Waals surface area contributed by atoms with Crippen molar-refractivity contribution in [1.29, 1.82) is 0 Å². The molecule has 0 atom stereocenters. The minimum absolute atomic E-state index is 0.0507. The fraction of sp³-hybridized carbons (Fsp3) is 0.667. The third-order valence-electron chi connectivity index (χ3n) is 4.29. The van der Waals surface area contributed by atoms with Gasteiger partial charge in [0.2, 0.25) is 11.8 Å². The number of nitrogens with one attached hydrogen (secondary N) is 1. The van der Waals surface area contributed by atoms with Gasteiger partial charge in [-0.2, -0.15) is 10.1 Å². The molecule has 0 bridgehead atoms. The van der Waals surface area contributed by atoms with Crippen molar-refractivity contribution in [3.8, 4) is 0 Å². The van der Waals surface area contributed by atoms with Gasteiger partial charge in [-0.25, -0.2) is 0 Å². The average Bonchev–Trinajstić information content (AvgIpc) is 3.07.